The van der Waals surface area contributed by atoms with E-state index in [2.05, 4.69) is 20.2 Å². The van der Waals surface area contributed by atoms with E-state index in [1.807, 2.05) is 61.7 Å². The average Bonchev–Trinajstić information content (AvgIpc) is 3.05. The van der Waals surface area contributed by atoms with Crippen molar-refractivity contribution in [1.82, 2.24) is 19.7 Å². The Morgan fingerprint density at radius 2 is 2.10 bits per heavy atom. The van der Waals surface area contributed by atoms with E-state index >= 15 is 0 Å². The maximum atomic E-state index is 13.1. The first kappa shape index (κ1) is 19.2. The summed E-state index contributed by atoms with van der Waals surface area (Å²) in [4.78, 5) is 24.6. The molecule has 0 spiro atoms. The molecule has 1 aliphatic rings. The molecular formula is C22H27N5O2. The standard InChI is InChI=1S/C22H27N5O2/c1-4-29-18-10-7-13-27-20(16(3)24-21(18)27)22(28)25-17-9-6-12-26(14-17)19-11-5-8-15(2)23-19/h5,7-8,10-11,13,17H,4,6,9,12,14H2,1-3H3,(H,25,28)/t17-/m0/s1. The third kappa shape index (κ3) is 3.90. The molecule has 29 heavy (non-hydrogen) atoms. The summed E-state index contributed by atoms with van der Waals surface area (Å²) in [6.45, 7) is 8.05. The van der Waals surface area contributed by atoms with E-state index in [0.29, 0.717) is 29.4 Å². The summed E-state index contributed by atoms with van der Waals surface area (Å²) in [5.74, 6) is 1.55. The number of carbonyl (C=O) groups excluding carboxylic acids is 1. The predicted molar refractivity (Wildman–Crippen MR) is 113 cm³/mol. The number of amides is 1. The van der Waals surface area contributed by atoms with Crippen molar-refractivity contribution >= 4 is 17.4 Å². The third-order valence-electron chi connectivity index (χ3n) is 5.26. The molecule has 1 atom stereocenters. The van der Waals surface area contributed by atoms with Gasteiger partial charge in [-0.1, -0.05) is 6.07 Å². The first-order valence-corrected chi connectivity index (χ1v) is 10.2. The first-order chi connectivity index (χ1) is 14.1. The second kappa shape index (κ2) is 8.11. The first-order valence-electron chi connectivity index (χ1n) is 10.2. The van der Waals surface area contributed by atoms with Crippen LogP contribution in [0.25, 0.3) is 5.65 Å². The predicted octanol–water partition coefficient (Wildman–Crippen LogP) is 3.14. The van der Waals surface area contributed by atoms with Crippen LogP contribution in [0.3, 0.4) is 0 Å². The van der Waals surface area contributed by atoms with Crippen molar-refractivity contribution in [2.45, 2.75) is 39.7 Å². The van der Waals surface area contributed by atoms with E-state index in [9.17, 15) is 4.79 Å². The van der Waals surface area contributed by atoms with E-state index in [1.54, 1.807) is 0 Å². The average molecular weight is 393 g/mol. The van der Waals surface area contributed by atoms with Gasteiger partial charge >= 0.3 is 0 Å². The summed E-state index contributed by atoms with van der Waals surface area (Å²) in [6.07, 6.45) is 3.83. The molecule has 3 aromatic heterocycles. The van der Waals surface area contributed by atoms with Crippen LogP contribution >= 0.6 is 0 Å². The van der Waals surface area contributed by atoms with Crippen molar-refractivity contribution < 1.29 is 9.53 Å². The summed E-state index contributed by atoms with van der Waals surface area (Å²) in [6, 6.07) is 9.87. The third-order valence-corrected chi connectivity index (χ3v) is 5.26. The summed E-state index contributed by atoms with van der Waals surface area (Å²) in [7, 11) is 0. The Labute approximate surface area is 170 Å². The Hall–Kier alpha value is -3.09. The lowest BCUT2D eigenvalue weighted by Crippen LogP contribution is -2.48. The fourth-order valence-electron chi connectivity index (χ4n) is 3.96. The smallest absolute Gasteiger partial charge is 0.270 e. The lowest BCUT2D eigenvalue weighted by molar-refractivity contribution is 0.0926. The van der Waals surface area contributed by atoms with Crippen LogP contribution < -0.4 is 15.0 Å². The lowest BCUT2D eigenvalue weighted by Gasteiger charge is -2.34. The van der Waals surface area contributed by atoms with Crippen molar-refractivity contribution in [2.75, 3.05) is 24.6 Å². The van der Waals surface area contributed by atoms with Crippen molar-refractivity contribution in [1.29, 1.82) is 0 Å². The van der Waals surface area contributed by atoms with Crippen molar-refractivity contribution in [3.8, 4) is 5.75 Å². The number of piperidine rings is 1. The molecule has 1 N–H and O–H groups in total. The van der Waals surface area contributed by atoms with Crippen LogP contribution in [0.4, 0.5) is 5.82 Å². The van der Waals surface area contributed by atoms with E-state index in [1.165, 1.54) is 0 Å². The largest absolute Gasteiger partial charge is 0.490 e. The van der Waals surface area contributed by atoms with Crippen LogP contribution in [0.2, 0.25) is 0 Å². The van der Waals surface area contributed by atoms with Gasteiger partial charge in [-0.2, -0.15) is 0 Å². The highest BCUT2D eigenvalue weighted by Gasteiger charge is 2.25. The number of ether oxygens (including phenoxy) is 1. The quantitative estimate of drug-likeness (QED) is 0.721. The zero-order chi connectivity index (χ0) is 20.4. The topological polar surface area (TPSA) is 71.8 Å². The molecule has 4 rings (SSSR count). The van der Waals surface area contributed by atoms with E-state index in [0.717, 1.165) is 37.4 Å². The number of hydrogen-bond acceptors (Lipinski definition) is 5. The van der Waals surface area contributed by atoms with E-state index in [-0.39, 0.29) is 11.9 Å². The minimum Gasteiger partial charge on any atom is -0.490 e. The van der Waals surface area contributed by atoms with Gasteiger partial charge in [-0.05, 0) is 57.9 Å². The molecule has 1 fully saturated rings. The number of nitrogens with one attached hydrogen (secondary N) is 1. The number of carbonyl (C=O) groups is 1. The van der Waals surface area contributed by atoms with Crippen LogP contribution in [0, 0.1) is 13.8 Å². The molecule has 0 aliphatic carbocycles. The van der Waals surface area contributed by atoms with Crippen molar-refractivity contribution in [3.63, 3.8) is 0 Å². The van der Waals surface area contributed by atoms with Crippen LogP contribution in [0.1, 0.15) is 41.6 Å². The van der Waals surface area contributed by atoms with Crippen LogP contribution in [-0.4, -0.2) is 46.0 Å². The van der Waals surface area contributed by atoms with E-state index in [4.69, 9.17) is 4.74 Å². The molecule has 4 heterocycles. The van der Waals surface area contributed by atoms with Gasteiger partial charge in [-0.15, -0.1) is 0 Å². The number of imidazole rings is 1. The Morgan fingerprint density at radius 3 is 2.90 bits per heavy atom. The Bertz CT molecular complexity index is 1030. The highest BCUT2D eigenvalue weighted by atomic mass is 16.5. The fourth-order valence-corrected chi connectivity index (χ4v) is 3.96. The second-order valence-corrected chi connectivity index (χ2v) is 7.44. The number of rotatable bonds is 5. The Morgan fingerprint density at radius 1 is 1.24 bits per heavy atom. The van der Waals surface area contributed by atoms with Crippen LogP contribution in [-0.2, 0) is 0 Å². The normalized spacial score (nSPS) is 16.8. The zero-order valence-electron chi connectivity index (χ0n) is 17.2. The molecular weight excluding hydrogens is 366 g/mol. The molecule has 3 aromatic rings. The number of fused-ring (bicyclic) bond motifs is 1. The highest BCUT2D eigenvalue weighted by molar-refractivity contribution is 5.95. The molecule has 0 aromatic carbocycles. The van der Waals surface area contributed by atoms with Gasteiger partial charge in [0.05, 0.1) is 12.3 Å². The molecule has 1 saturated heterocycles. The van der Waals surface area contributed by atoms with Gasteiger partial charge in [-0.25, -0.2) is 9.97 Å². The van der Waals surface area contributed by atoms with Crippen molar-refractivity contribution in [3.05, 3.63) is 53.6 Å². The van der Waals surface area contributed by atoms with Gasteiger partial charge in [-0.3, -0.25) is 9.20 Å². The minimum absolute atomic E-state index is 0.0681. The number of anilines is 1. The summed E-state index contributed by atoms with van der Waals surface area (Å²) in [5.41, 5.74) is 2.93. The lowest BCUT2D eigenvalue weighted by atomic mass is 10.1. The van der Waals surface area contributed by atoms with Gasteiger partial charge in [0.2, 0.25) is 0 Å². The van der Waals surface area contributed by atoms with Gasteiger partial charge in [0, 0.05) is 31.0 Å². The summed E-state index contributed by atoms with van der Waals surface area (Å²) < 4.78 is 7.48. The zero-order valence-corrected chi connectivity index (χ0v) is 17.2. The number of nitrogens with zero attached hydrogens (tertiary/aromatic N) is 4. The number of aromatic nitrogens is 3. The number of aryl methyl sites for hydroxylation is 2. The van der Waals surface area contributed by atoms with E-state index < -0.39 is 0 Å². The molecule has 7 heteroatoms. The molecule has 1 amide bonds. The molecule has 0 radical (unpaired) electrons. The Balaban J connectivity index is 1.53. The maximum absolute atomic E-state index is 13.1. The monoisotopic (exact) mass is 393 g/mol. The second-order valence-electron chi connectivity index (χ2n) is 7.44. The van der Waals surface area contributed by atoms with Gasteiger partial charge in [0.15, 0.2) is 11.4 Å². The highest BCUT2D eigenvalue weighted by Crippen LogP contribution is 2.23. The Kier molecular flexibility index (Phi) is 5.38. The molecule has 0 bridgehead atoms. The number of pyridine rings is 2. The number of hydrogen-bond donors (Lipinski definition) is 1. The SMILES string of the molecule is CCOc1cccn2c(C(=O)N[C@H]3CCCN(c4cccc(C)n4)C3)c(C)nc12. The molecule has 152 valence electrons. The molecule has 0 saturated carbocycles. The van der Waals surface area contributed by atoms with Crippen molar-refractivity contribution in [2.24, 2.45) is 0 Å². The summed E-state index contributed by atoms with van der Waals surface area (Å²) >= 11 is 0. The van der Waals surface area contributed by atoms with Crippen LogP contribution in [0.15, 0.2) is 36.5 Å². The molecule has 1 aliphatic heterocycles. The molecule has 7 nitrogen and oxygen atoms in total. The van der Waals surface area contributed by atoms with Crippen LogP contribution in [0.5, 0.6) is 5.75 Å². The van der Waals surface area contributed by atoms with Gasteiger partial charge in [0.1, 0.15) is 11.5 Å². The van der Waals surface area contributed by atoms with Gasteiger partial charge in [0.25, 0.3) is 5.91 Å². The molecule has 0 unspecified atom stereocenters. The fraction of sp³-hybridized carbons (Fsp3) is 0.409. The maximum Gasteiger partial charge on any atom is 0.270 e. The minimum atomic E-state index is -0.104. The summed E-state index contributed by atoms with van der Waals surface area (Å²) in [5, 5.41) is 3.21. The van der Waals surface area contributed by atoms with Gasteiger partial charge < -0.3 is 15.0 Å².